The van der Waals surface area contributed by atoms with E-state index in [-0.39, 0.29) is 17.0 Å². The van der Waals surface area contributed by atoms with E-state index in [1.807, 2.05) is 36.4 Å². The van der Waals surface area contributed by atoms with Crippen molar-refractivity contribution in [1.82, 2.24) is 14.7 Å². The fourth-order valence-corrected chi connectivity index (χ4v) is 4.73. The molecule has 184 valence electrons. The maximum atomic E-state index is 13.2. The third-order valence-corrected chi connectivity index (χ3v) is 6.86. The minimum atomic E-state index is -0.370. The Bertz CT molecular complexity index is 1240. The molecule has 1 saturated heterocycles. The van der Waals surface area contributed by atoms with Crippen molar-refractivity contribution in [3.63, 3.8) is 0 Å². The van der Waals surface area contributed by atoms with Crippen molar-refractivity contribution in [2.24, 2.45) is 5.92 Å². The van der Waals surface area contributed by atoms with Crippen molar-refractivity contribution < 1.29 is 14.3 Å². The molecule has 0 unspecified atom stereocenters. The summed E-state index contributed by atoms with van der Waals surface area (Å²) in [5.74, 6) is 1.74. The lowest BCUT2D eigenvalue weighted by molar-refractivity contribution is 0.0677. The number of methoxy groups -OCH3 is 2. The van der Waals surface area contributed by atoms with Gasteiger partial charge in [0, 0.05) is 30.9 Å². The first kappa shape index (κ1) is 24.8. The number of nitrogens with zero attached hydrogens (tertiary/aromatic N) is 3. The summed E-state index contributed by atoms with van der Waals surface area (Å²) in [5.41, 5.74) is 1.98. The van der Waals surface area contributed by atoms with Gasteiger partial charge in [0.2, 0.25) is 5.43 Å². The van der Waals surface area contributed by atoms with E-state index in [0.29, 0.717) is 35.4 Å². The molecule has 1 aliphatic rings. The molecule has 2 aromatic carbocycles. The van der Waals surface area contributed by atoms with Crippen molar-refractivity contribution in [1.29, 1.82) is 0 Å². The van der Waals surface area contributed by atoms with Crippen LogP contribution < -0.4 is 14.9 Å². The molecule has 1 amide bonds. The van der Waals surface area contributed by atoms with E-state index in [1.54, 1.807) is 36.8 Å². The van der Waals surface area contributed by atoms with Gasteiger partial charge in [-0.15, -0.1) is 0 Å². The monoisotopic (exact) mass is 495 g/mol. The second-order valence-corrected chi connectivity index (χ2v) is 9.26. The normalized spacial score (nSPS) is 14.1. The molecule has 0 N–H and O–H groups in total. The smallest absolute Gasteiger partial charge is 0.278 e. The van der Waals surface area contributed by atoms with E-state index in [4.69, 9.17) is 21.1 Å². The molecule has 0 radical (unpaired) electrons. The molecule has 35 heavy (non-hydrogen) atoms. The summed E-state index contributed by atoms with van der Waals surface area (Å²) in [6, 6.07) is 14.6. The standard InChI is InChI=1S/C27H30ClN3O4/c1-18-14-25(32)26(29-31(18)24-7-5-4-6-23(24)28)27(33)30-12-10-19(11-13-30)8-9-20-15-21(34-2)17-22(16-20)35-3/h4-7,14-17,19H,8-13H2,1-3H3. The molecule has 0 spiro atoms. The Kier molecular flexibility index (Phi) is 7.76. The summed E-state index contributed by atoms with van der Waals surface area (Å²) >= 11 is 6.33. The average Bonchev–Trinajstić information content (AvgIpc) is 2.88. The number of amides is 1. The highest BCUT2D eigenvalue weighted by atomic mass is 35.5. The predicted octanol–water partition coefficient (Wildman–Crippen LogP) is 4.70. The fourth-order valence-electron chi connectivity index (χ4n) is 4.52. The van der Waals surface area contributed by atoms with Crippen LogP contribution in [-0.2, 0) is 6.42 Å². The molecule has 0 aliphatic carbocycles. The third-order valence-electron chi connectivity index (χ3n) is 6.54. The fraction of sp³-hybridized carbons (Fsp3) is 0.370. The van der Waals surface area contributed by atoms with Crippen LogP contribution in [-0.4, -0.2) is 47.9 Å². The van der Waals surface area contributed by atoms with Crippen molar-refractivity contribution in [3.8, 4) is 17.2 Å². The van der Waals surface area contributed by atoms with E-state index in [9.17, 15) is 9.59 Å². The Hall–Kier alpha value is -3.32. The molecule has 1 aromatic heterocycles. The summed E-state index contributed by atoms with van der Waals surface area (Å²) in [7, 11) is 3.30. The van der Waals surface area contributed by atoms with Crippen molar-refractivity contribution in [2.75, 3.05) is 27.3 Å². The summed E-state index contributed by atoms with van der Waals surface area (Å²) < 4.78 is 12.3. The topological polar surface area (TPSA) is 73.7 Å². The van der Waals surface area contributed by atoms with Gasteiger partial charge in [-0.1, -0.05) is 23.7 Å². The van der Waals surface area contributed by atoms with Crippen LogP contribution in [0, 0.1) is 12.8 Å². The van der Waals surface area contributed by atoms with Gasteiger partial charge in [-0.05, 0) is 68.4 Å². The molecule has 1 fully saturated rings. The number of benzene rings is 2. The molecule has 8 heteroatoms. The number of piperidine rings is 1. The first-order chi connectivity index (χ1) is 16.9. The predicted molar refractivity (Wildman–Crippen MR) is 136 cm³/mol. The van der Waals surface area contributed by atoms with Crippen molar-refractivity contribution in [2.45, 2.75) is 32.6 Å². The van der Waals surface area contributed by atoms with Crippen LogP contribution in [0.25, 0.3) is 5.69 Å². The Balaban J connectivity index is 1.41. The number of aryl methyl sites for hydroxylation is 2. The summed E-state index contributed by atoms with van der Waals surface area (Å²) in [6.07, 6.45) is 3.70. The minimum Gasteiger partial charge on any atom is -0.497 e. The Morgan fingerprint density at radius 3 is 2.34 bits per heavy atom. The number of para-hydroxylation sites is 1. The molecule has 0 bridgehead atoms. The molecule has 0 atom stereocenters. The van der Waals surface area contributed by atoms with Gasteiger partial charge in [0.1, 0.15) is 11.5 Å². The number of rotatable bonds is 7. The van der Waals surface area contributed by atoms with Gasteiger partial charge >= 0.3 is 0 Å². The molecular formula is C27H30ClN3O4. The van der Waals surface area contributed by atoms with Crippen LogP contribution in [0.15, 0.2) is 53.3 Å². The van der Waals surface area contributed by atoms with E-state index in [2.05, 4.69) is 5.10 Å². The largest absolute Gasteiger partial charge is 0.497 e. The SMILES string of the molecule is COc1cc(CCC2CCN(C(=O)c3nn(-c4ccccc4Cl)c(C)cc3=O)CC2)cc(OC)c1. The Morgan fingerprint density at radius 2 is 1.71 bits per heavy atom. The molecule has 1 aliphatic heterocycles. The van der Waals surface area contributed by atoms with E-state index in [0.717, 1.165) is 37.2 Å². The number of halogens is 1. The number of carbonyl (C=O) groups is 1. The highest BCUT2D eigenvalue weighted by molar-refractivity contribution is 6.32. The number of ether oxygens (including phenoxy) is 2. The Morgan fingerprint density at radius 1 is 1.06 bits per heavy atom. The number of hydrogen-bond donors (Lipinski definition) is 0. The molecule has 4 rings (SSSR count). The zero-order chi connectivity index (χ0) is 24.9. The van der Waals surface area contributed by atoms with Crippen LogP contribution in [0.1, 0.15) is 41.0 Å². The lowest BCUT2D eigenvalue weighted by Gasteiger charge is -2.32. The number of carbonyl (C=O) groups excluding carboxylic acids is 1. The van der Waals surface area contributed by atoms with Gasteiger partial charge in [0.05, 0.1) is 24.9 Å². The van der Waals surface area contributed by atoms with Crippen LogP contribution in [0.2, 0.25) is 5.02 Å². The van der Waals surface area contributed by atoms with Gasteiger partial charge in [0.15, 0.2) is 5.69 Å². The van der Waals surface area contributed by atoms with Gasteiger partial charge < -0.3 is 14.4 Å². The van der Waals surface area contributed by atoms with Gasteiger partial charge in [0.25, 0.3) is 5.91 Å². The third kappa shape index (κ3) is 5.68. The zero-order valence-corrected chi connectivity index (χ0v) is 21.0. The lowest BCUT2D eigenvalue weighted by atomic mass is 9.90. The summed E-state index contributed by atoms with van der Waals surface area (Å²) in [5, 5.41) is 4.91. The van der Waals surface area contributed by atoms with Crippen LogP contribution >= 0.6 is 11.6 Å². The highest BCUT2D eigenvalue weighted by Crippen LogP contribution is 2.27. The first-order valence-electron chi connectivity index (χ1n) is 11.8. The molecule has 2 heterocycles. The molecule has 0 saturated carbocycles. The van der Waals surface area contributed by atoms with E-state index >= 15 is 0 Å². The van der Waals surface area contributed by atoms with Gasteiger partial charge in [-0.3, -0.25) is 9.59 Å². The van der Waals surface area contributed by atoms with Crippen LogP contribution in [0.3, 0.4) is 0 Å². The first-order valence-corrected chi connectivity index (χ1v) is 12.1. The molecule has 3 aromatic rings. The molecular weight excluding hydrogens is 466 g/mol. The van der Waals surface area contributed by atoms with E-state index in [1.165, 1.54) is 11.6 Å². The number of aromatic nitrogens is 2. The second-order valence-electron chi connectivity index (χ2n) is 8.86. The van der Waals surface area contributed by atoms with E-state index < -0.39 is 0 Å². The van der Waals surface area contributed by atoms with Gasteiger partial charge in [-0.25, -0.2) is 4.68 Å². The van der Waals surface area contributed by atoms with Gasteiger partial charge in [-0.2, -0.15) is 5.10 Å². The maximum absolute atomic E-state index is 13.2. The summed E-state index contributed by atoms with van der Waals surface area (Å²) in [6.45, 7) is 2.98. The zero-order valence-electron chi connectivity index (χ0n) is 20.3. The lowest BCUT2D eigenvalue weighted by Crippen LogP contribution is -2.41. The maximum Gasteiger partial charge on any atom is 0.278 e. The van der Waals surface area contributed by atoms with Crippen molar-refractivity contribution in [3.05, 3.63) is 80.7 Å². The second kappa shape index (κ2) is 11.0. The number of likely N-dealkylation sites (tertiary alicyclic amines) is 1. The van der Waals surface area contributed by atoms with Crippen molar-refractivity contribution >= 4 is 17.5 Å². The summed E-state index contributed by atoms with van der Waals surface area (Å²) in [4.78, 5) is 27.6. The highest BCUT2D eigenvalue weighted by Gasteiger charge is 2.27. The quantitative estimate of drug-likeness (QED) is 0.475. The number of hydrogen-bond acceptors (Lipinski definition) is 5. The Labute approximate surface area is 210 Å². The van der Waals surface area contributed by atoms with Crippen LogP contribution in [0.5, 0.6) is 11.5 Å². The minimum absolute atomic E-state index is 0.0718. The molecule has 7 nitrogen and oxygen atoms in total. The average molecular weight is 496 g/mol. The van der Waals surface area contributed by atoms with Crippen LogP contribution in [0.4, 0.5) is 0 Å².